The second-order valence-corrected chi connectivity index (χ2v) is 12.3. The minimum atomic E-state index is -0.704. The standard InChI is InChI=1S/C31H37ClFN5O4/c1-19-24-8-7-23(32)13-21(24)9-11-38(19)29(40)17-35-27-15-26(22(16-34)14-25(27)33)36-28(39)12-20-6-5-10-37(18-20)30(41)42-31(2,3)4/h7-8,13-15,19-20,35H,5-6,9-12,17-18H2,1-4H3,(H,36,39)/t19-,20+/m0/s1. The van der Waals surface area contributed by atoms with Crippen LogP contribution in [-0.2, 0) is 20.7 Å². The molecule has 2 heterocycles. The number of rotatable bonds is 6. The Labute approximate surface area is 250 Å². The van der Waals surface area contributed by atoms with Crippen molar-refractivity contribution in [3.8, 4) is 6.07 Å². The summed E-state index contributed by atoms with van der Waals surface area (Å²) in [5, 5.41) is 15.8. The van der Waals surface area contributed by atoms with Crippen LogP contribution in [0.5, 0.6) is 0 Å². The van der Waals surface area contributed by atoms with Gasteiger partial charge in [0, 0.05) is 31.1 Å². The number of anilines is 2. The lowest BCUT2D eigenvalue weighted by molar-refractivity contribution is -0.131. The van der Waals surface area contributed by atoms with Crippen LogP contribution in [0.3, 0.4) is 0 Å². The Morgan fingerprint density at radius 2 is 1.93 bits per heavy atom. The first-order valence-corrected chi connectivity index (χ1v) is 14.6. The van der Waals surface area contributed by atoms with Gasteiger partial charge >= 0.3 is 6.09 Å². The summed E-state index contributed by atoms with van der Waals surface area (Å²) in [5.74, 6) is -1.34. The van der Waals surface area contributed by atoms with Gasteiger partial charge in [-0.25, -0.2) is 9.18 Å². The van der Waals surface area contributed by atoms with Crippen LogP contribution in [0.2, 0.25) is 5.02 Å². The number of amides is 3. The van der Waals surface area contributed by atoms with Crippen molar-refractivity contribution in [1.82, 2.24) is 9.80 Å². The highest BCUT2D eigenvalue weighted by atomic mass is 35.5. The van der Waals surface area contributed by atoms with Crippen LogP contribution in [0.25, 0.3) is 0 Å². The zero-order chi connectivity index (χ0) is 30.6. The molecular weight excluding hydrogens is 561 g/mol. The van der Waals surface area contributed by atoms with E-state index in [1.54, 1.807) is 36.6 Å². The largest absolute Gasteiger partial charge is 0.444 e. The molecule has 1 fully saturated rings. The molecule has 9 nitrogen and oxygen atoms in total. The first kappa shape index (κ1) is 31.1. The molecule has 0 aromatic heterocycles. The molecule has 2 aromatic rings. The van der Waals surface area contributed by atoms with E-state index in [0.29, 0.717) is 31.1 Å². The molecule has 4 rings (SSSR count). The number of likely N-dealkylation sites (tertiary alicyclic amines) is 1. The molecule has 1 saturated heterocycles. The lowest BCUT2D eigenvalue weighted by Gasteiger charge is -2.35. The maximum atomic E-state index is 14.9. The van der Waals surface area contributed by atoms with Crippen molar-refractivity contribution >= 4 is 40.9 Å². The van der Waals surface area contributed by atoms with Gasteiger partial charge in [-0.1, -0.05) is 17.7 Å². The number of fused-ring (bicyclic) bond motifs is 1. The van der Waals surface area contributed by atoms with Gasteiger partial charge < -0.3 is 25.2 Å². The van der Waals surface area contributed by atoms with Crippen LogP contribution in [0.4, 0.5) is 20.6 Å². The lowest BCUT2D eigenvalue weighted by atomic mass is 9.93. The molecule has 0 radical (unpaired) electrons. The summed E-state index contributed by atoms with van der Waals surface area (Å²) >= 11 is 6.12. The van der Waals surface area contributed by atoms with Crippen LogP contribution < -0.4 is 10.6 Å². The first-order chi connectivity index (χ1) is 19.8. The number of halogens is 2. The molecule has 2 atom stereocenters. The van der Waals surface area contributed by atoms with Gasteiger partial charge in [0.15, 0.2) is 0 Å². The molecule has 0 bridgehead atoms. The maximum Gasteiger partial charge on any atom is 0.410 e. The molecule has 0 spiro atoms. The lowest BCUT2D eigenvalue weighted by Crippen LogP contribution is -2.43. The first-order valence-electron chi connectivity index (χ1n) is 14.2. The molecule has 0 unspecified atom stereocenters. The third-order valence-corrected chi connectivity index (χ3v) is 7.78. The van der Waals surface area contributed by atoms with Gasteiger partial charge in [-0.05, 0) is 88.3 Å². The highest BCUT2D eigenvalue weighted by Gasteiger charge is 2.30. The summed E-state index contributed by atoms with van der Waals surface area (Å²) in [6, 6.07) is 9.77. The summed E-state index contributed by atoms with van der Waals surface area (Å²) < 4.78 is 20.3. The second-order valence-electron chi connectivity index (χ2n) is 11.9. The Balaban J connectivity index is 1.37. The van der Waals surface area contributed by atoms with E-state index in [2.05, 4.69) is 10.6 Å². The molecule has 2 aromatic carbocycles. The number of carbonyl (C=O) groups is 3. The third kappa shape index (κ3) is 7.71. The number of benzene rings is 2. The SMILES string of the molecule is C[C@H]1c2ccc(Cl)cc2CCN1C(=O)CNc1cc(NC(=O)C[C@H]2CCCN(C(=O)OC(C)(C)C)C2)c(C#N)cc1F. The predicted molar refractivity (Wildman–Crippen MR) is 159 cm³/mol. The Morgan fingerprint density at radius 3 is 2.64 bits per heavy atom. The van der Waals surface area contributed by atoms with Crippen molar-refractivity contribution in [1.29, 1.82) is 5.26 Å². The molecular formula is C31H37ClFN5O4. The van der Waals surface area contributed by atoms with Crippen molar-refractivity contribution < 1.29 is 23.5 Å². The number of hydrogen-bond donors (Lipinski definition) is 2. The third-order valence-electron chi connectivity index (χ3n) is 7.54. The fourth-order valence-electron chi connectivity index (χ4n) is 5.51. The Morgan fingerprint density at radius 1 is 1.17 bits per heavy atom. The number of nitrogens with one attached hydrogen (secondary N) is 2. The number of hydrogen-bond acceptors (Lipinski definition) is 6. The van der Waals surface area contributed by atoms with Gasteiger partial charge in [0.2, 0.25) is 11.8 Å². The van der Waals surface area contributed by atoms with E-state index in [-0.39, 0.29) is 53.7 Å². The van der Waals surface area contributed by atoms with Crippen molar-refractivity contribution in [3.63, 3.8) is 0 Å². The zero-order valence-corrected chi connectivity index (χ0v) is 25.2. The highest BCUT2D eigenvalue weighted by molar-refractivity contribution is 6.30. The van der Waals surface area contributed by atoms with E-state index in [1.165, 1.54) is 6.07 Å². The van der Waals surface area contributed by atoms with Gasteiger partial charge in [-0.15, -0.1) is 0 Å². The van der Waals surface area contributed by atoms with E-state index in [4.69, 9.17) is 16.3 Å². The molecule has 42 heavy (non-hydrogen) atoms. The normalized spacial score (nSPS) is 18.5. The monoisotopic (exact) mass is 597 g/mol. The number of carbonyl (C=O) groups excluding carboxylic acids is 3. The van der Waals surface area contributed by atoms with E-state index in [0.717, 1.165) is 30.0 Å². The van der Waals surface area contributed by atoms with Crippen molar-refractivity contribution in [2.45, 2.75) is 65.0 Å². The van der Waals surface area contributed by atoms with Gasteiger partial charge in [0.05, 0.1) is 29.5 Å². The molecule has 0 aliphatic carbocycles. The second kappa shape index (κ2) is 13.0. The Kier molecular flexibility index (Phi) is 9.62. The van der Waals surface area contributed by atoms with Crippen LogP contribution in [0, 0.1) is 23.1 Å². The van der Waals surface area contributed by atoms with E-state index >= 15 is 0 Å². The molecule has 2 N–H and O–H groups in total. The Hall–Kier alpha value is -3.84. The van der Waals surface area contributed by atoms with E-state index in [1.807, 2.05) is 25.1 Å². The Bertz CT molecular complexity index is 1400. The maximum absolute atomic E-state index is 14.9. The van der Waals surface area contributed by atoms with E-state index in [9.17, 15) is 24.0 Å². The van der Waals surface area contributed by atoms with Crippen molar-refractivity contribution in [2.75, 3.05) is 36.8 Å². The molecule has 2 aliphatic heterocycles. The summed E-state index contributed by atoms with van der Waals surface area (Å²) in [7, 11) is 0. The number of piperidine rings is 1. The number of nitriles is 1. The van der Waals surface area contributed by atoms with Crippen LogP contribution in [0.15, 0.2) is 30.3 Å². The number of nitrogens with zero attached hydrogens (tertiary/aromatic N) is 3. The molecule has 2 aliphatic rings. The highest BCUT2D eigenvalue weighted by Crippen LogP contribution is 2.32. The van der Waals surface area contributed by atoms with Crippen LogP contribution in [0.1, 0.15) is 69.7 Å². The van der Waals surface area contributed by atoms with Gasteiger partial charge in [0.25, 0.3) is 0 Å². The molecule has 224 valence electrons. The summed E-state index contributed by atoms with van der Waals surface area (Å²) in [6.45, 7) is 8.66. The zero-order valence-electron chi connectivity index (χ0n) is 24.4. The summed E-state index contributed by atoms with van der Waals surface area (Å²) in [4.78, 5) is 41.9. The topological polar surface area (TPSA) is 115 Å². The van der Waals surface area contributed by atoms with Gasteiger partial charge in [-0.2, -0.15) is 5.26 Å². The van der Waals surface area contributed by atoms with Crippen molar-refractivity contribution in [3.05, 3.63) is 57.9 Å². The van der Waals surface area contributed by atoms with Crippen LogP contribution >= 0.6 is 11.6 Å². The van der Waals surface area contributed by atoms with Gasteiger partial charge in [-0.3, -0.25) is 9.59 Å². The molecule has 3 amide bonds. The van der Waals surface area contributed by atoms with Gasteiger partial charge in [0.1, 0.15) is 17.5 Å². The fourth-order valence-corrected chi connectivity index (χ4v) is 5.70. The predicted octanol–water partition coefficient (Wildman–Crippen LogP) is 5.88. The minimum absolute atomic E-state index is 0.00302. The number of ether oxygens (including phenoxy) is 1. The quantitative estimate of drug-likeness (QED) is 0.429. The molecule has 11 heteroatoms. The fraction of sp³-hybridized carbons (Fsp3) is 0.484. The summed E-state index contributed by atoms with van der Waals surface area (Å²) in [5.41, 5.74) is 1.65. The smallest absolute Gasteiger partial charge is 0.410 e. The minimum Gasteiger partial charge on any atom is -0.444 e. The van der Waals surface area contributed by atoms with E-state index < -0.39 is 17.5 Å². The van der Waals surface area contributed by atoms with Crippen LogP contribution in [-0.4, -0.2) is 59.5 Å². The summed E-state index contributed by atoms with van der Waals surface area (Å²) in [6.07, 6.45) is 1.90. The average molecular weight is 598 g/mol. The van der Waals surface area contributed by atoms with Crippen molar-refractivity contribution in [2.24, 2.45) is 5.92 Å². The molecule has 0 saturated carbocycles. The average Bonchev–Trinajstić information content (AvgIpc) is 2.92.